The summed E-state index contributed by atoms with van der Waals surface area (Å²) in [6, 6.07) is 4.26. The molecule has 0 bridgehead atoms. The summed E-state index contributed by atoms with van der Waals surface area (Å²) < 4.78 is 1.79. The maximum Gasteiger partial charge on any atom is 0.155 e. The van der Waals surface area contributed by atoms with Crippen LogP contribution in [0.25, 0.3) is 5.65 Å². The smallest absolute Gasteiger partial charge is 0.155 e. The van der Waals surface area contributed by atoms with E-state index in [1.165, 1.54) is 0 Å². The number of aryl methyl sites for hydroxylation is 1. The molecule has 0 aliphatic carbocycles. The van der Waals surface area contributed by atoms with E-state index in [1.807, 2.05) is 25.3 Å². The van der Waals surface area contributed by atoms with Gasteiger partial charge in [0, 0.05) is 6.54 Å². The van der Waals surface area contributed by atoms with Gasteiger partial charge >= 0.3 is 0 Å². The fraction of sp³-hybridized carbons (Fsp3) is 0.455. The topological polar surface area (TPSA) is 53.7 Å². The summed E-state index contributed by atoms with van der Waals surface area (Å²) in [5.41, 5.74) is 1.96. The first-order valence-electron chi connectivity index (χ1n) is 5.48. The first-order valence-corrected chi connectivity index (χ1v) is 5.48. The summed E-state index contributed by atoms with van der Waals surface area (Å²) in [5.74, 6) is 0.777. The van der Waals surface area contributed by atoms with Gasteiger partial charge in [-0.3, -0.25) is 0 Å². The molecule has 0 amide bonds. The van der Waals surface area contributed by atoms with Crippen LogP contribution in [0, 0.1) is 6.92 Å². The van der Waals surface area contributed by atoms with E-state index in [9.17, 15) is 0 Å². The van der Waals surface area contributed by atoms with E-state index in [4.69, 9.17) is 5.11 Å². The first kappa shape index (κ1) is 9.59. The number of rotatable bonds is 2. The minimum absolute atomic E-state index is 0.217. The van der Waals surface area contributed by atoms with Gasteiger partial charge in [0.1, 0.15) is 5.82 Å². The summed E-state index contributed by atoms with van der Waals surface area (Å²) >= 11 is 0. The summed E-state index contributed by atoms with van der Waals surface area (Å²) in [7, 11) is 0. The Balaban J connectivity index is 1.98. The van der Waals surface area contributed by atoms with Crippen LogP contribution in [0.1, 0.15) is 12.2 Å². The van der Waals surface area contributed by atoms with Crippen LogP contribution < -0.4 is 4.90 Å². The van der Waals surface area contributed by atoms with Crippen LogP contribution in [-0.4, -0.2) is 38.9 Å². The van der Waals surface area contributed by atoms with E-state index in [-0.39, 0.29) is 12.6 Å². The van der Waals surface area contributed by atoms with E-state index in [2.05, 4.69) is 15.0 Å². The molecule has 0 radical (unpaired) electrons. The van der Waals surface area contributed by atoms with Crippen LogP contribution in [0.3, 0.4) is 0 Å². The second kappa shape index (κ2) is 3.45. The van der Waals surface area contributed by atoms with Crippen molar-refractivity contribution in [1.29, 1.82) is 0 Å². The zero-order valence-corrected chi connectivity index (χ0v) is 9.17. The summed E-state index contributed by atoms with van der Waals surface area (Å²) in [6.07, 6.45) is 3.03. The maximum absolute atomic E-state index is 9.16. The van der Waals surface area contributed by atoms with Gasteiger partial charge in [0.15, 0.2) is 5.65 Å². The number of nitrogens with zero attached hydrogens (tertiary/aromatic N) is 4. The van der Waals surface area contributed by atoms with Crippen LogP contribution in [-0.2, 0) is 0 Å². The third-order valence-electron chi connectivity index (χ3n) is 3.11. The van der Waals surface area contributed by atoms with Gasteiger partial charge in [-0.2, -0.15) is 5.10 Å². The molecule has 1 fully saturated rings. The fourth-order valence-electron chi connectivity index (χ4n) is 2.12. The van der Waals surface area contributed by atoms with Crippen molar-refractivity contribution in [3.63, 3.8) is 0 Å². The molecule has 1 aliphatic heterocycles. The third-order valence-corrected chi connectivity index (χ3v) is 3.11. The van der Waals surface area contributed by atoms with Gasteiger partial charge in [-0.05, 0) is 25.5 Å². The van der Waals surface area contributed by atoms with Gasteiger partial charge < -0.3 is 10.0 Å². The molecule has 84 valence electrons. The van der Waals surface area contributed by atoms with Crippen molar-refractivity contribution in [3.05, 3.63) is 24.2 Å². The second-order valence-electron chi connectivity index (χ2n) is 4.17. The van der Waals surface area contributed by atoms with Gasteiger partial charge in [-0.1, -0.05) is 0 Å². The van der Waals surface area contributed by atoms with Crippen LogP contribution in [0.15, 0.2) is 18.3 Å². The normalized spacial score (nSPS) is 20.1. The highest BCUT2D eigenvalue weighted by Gasteiger charge is 2.27. The number of aliphatic hydroxyl groups is 1. The first-order chi connectivity index (χ1) is 7.78. The van der Waals surface area contributed by atoms with E-state index in [1.54, 1.807) is 4.52 Å². The molecule has 0 spiro atoms. The Kier molecular flexibility index (Phi) is 2.07. The Labute approximate surface area is 93.3 Å². The monoisotopic (exact) mass is 218 g/mol. The highest BCUT2D eigenvalue weighted by Crippen LogP contribution is 2.25. The number of hydrogen-bond donors (Lipinski definition) is 1. The van der Waals surface area contributed by atoms with E-state index in [0.29, 0.717) is 0 Å². The average molecular weight is 218 g/mol. The zero-order chi connectivity index (χ0) is 11.1. The van der Waals surface area contributed by atoms with Crippen molar-refractivity contribution in [2.75, 3.05) is 18.1 Å². The van der Waals surface area contributed by atoms with Gasteiger partial charge in [0.2, 0.25) is 0 Å². The highest BCUT2D eigenvalue weighted by molar-refractivity contribution is 5.53. The van der Waals surface area contributed by atoms with Crippen molar-refractivity contribution >= 4 is 11.3 Å². The molecule has 2 aromatic heterocycles. The second-order valence-corrected chi connectivity index (χ2v) is 4.17. The number of aliphatic hydroxyl groups excluding tert-OH is 1. The Bertz CT molecular complexity index is 520. The molecule has 0 saturated carbocycles. The van der Waals surface area contributed by atoms with Crippen LogP contribution in [0.4, 0.5) is 5.69 Å². The third kappa shape index (κ3) is 1.36. The molecule has 3 rings (SSSR count). The molecule has 1 atom stereocenters. The minimum atomic E-state index is 0.217. The quantitative estimate of drug-likeness (QED) is 0.802. The molecule has 0 aromatic carbocycles. The number of anilines is 1. The lowest BCUT2D eigenvalue weighted by atomic mass is 10.0. The highest BCUT2D eigenvalue weighted by atomic mass is 16.3. The average Bonchev–Trinajstić information content (AvgIpc) is 2.56. The van der Waals surface area contributed by atoms with Crippen molar-refractivity contribution in [3.8, 4) is 0 Å². The van der Waals surface area contributed by atoms with E-state index < -0.39 is 0 Å². The van der Waals surface area contributed by atoms with Crippen LogP contribution in [0.5, 0.6) is 0 Å². The molecule has 1 aliphatic rings. The molecule has 2 aromatic rings. The van der Waals surface area contributed by atoms with Crippen molar-refractivity contribution in [2.45, 2.75) is 19.4 Å². The lowest BCUT2D eigenvalue weighted by Gasteiger charge is -2.41. The van der Waals surface area contributed by atoms with E-state index in [0.717, 1.165) is 30.1 Å². The van der Waals surface area contributed by atoms with Crippen LogP contribution >= 0.6 is 0 Å². The van der Waals surface area contributed by atoms with Crippen molar-refractivity contribution < 1.29 is 5.11 Å². The summed E-state index contributed by atoms with van der Waals surface area (Å²) in [4.78, 5) is 6.47. The molecule has 1 saturated heterocycles. The molecule has 1 unspecified atom stereocenters. The fourth-order valence-corrected chi connectivity index (χ4v) is 2.12. The van der Waals surface area contributed by atoms with Gasteiger partial charge in [-0.25, -0.2) is 9.50 Å². The number of hydrogen-bond acceptors (Lipinski definition) is 4. The number of pyridine rings is 1. The Morgan fingerprint density at radius 3 is 3.06 bits per heavy atom. The van der Waals surface area contributed by atoms with Crippen LogP contribution in [0.2, 0.25) is 0 Å². The number of aromatic nitrogens is 3. The Morgan fingerprint density at radius 1 is 1.50 bits per heavy atom. The van der Waals surface area contributed by atoms with Gasteiger partial charge in [0.25, 0.3) is 0 Å². The van der Waals surface area contributed by atoms with Crippen molar-refractivity contribution in [1.82, 2.24) is 14.6 Å². The zero-order valence-electron chi connectivity index (χ0n) is 9.17. The lowest BCUT2D eigenvalue weighted by molar-refractivity contribution is 0.226. The lowest BCUT2D eigenvalue weighted by Crippen LogP contribution is -2.50. The maximum atomic E-state index is 9.16. The number of fused-ring (bicyclic) bond motifs is 1. The standard InChI is InChI=1S/C11H14N4O/c1-8-12-11-3-2-9(6-15(11)13-8)14-5-4-10(14)7-16/h2-3,6,10,16H,4-5,7H2,1H3. The molecule has 5 nitrogen and oxygen atoms in total. The predicted octanol–water partition coefficient (Wildman–Crippen LogP) is 0.609. The summed E-state index contributed by atoms with van der Waals surface area (Å²) in [6.45, 7) is 3.10. The van der Waals surface area contributed by atoms with Crippen molar-refractivity contribution in [2.24, 2.45) is 0 Å². The van der Waals surface area contributed by atoms with Gasteiger partial charge in [0.05, 0.1) is 24.5 Å². The molecule has 3 heterocycles. The molecular weight excluding hydrogens is 204 g/mol. The molecule has 5 heteroatoms. The molecular formula is C11H14N4O. The Hall–Kier alpha value is -1.62. The molecule has 16 heavy (non-hydrogen) atoms. The Morgan fingerprint density at radius 2 is 2.38 bits per heavy atom. The van der Waals surface area contributed by atoms with E-state index >= 15 is 0 Å². The summed E-state index contributed by atoms with van der Waals surface area (Å²) in [5, 5.41) is 13.4. The SMILES string of the molecule is Cc1nc2ccc(N3CCC3CO)cn2n1. The van der Waals surface area contributed by atoms with Gasteiger partial charge in [-0.15, -0.1) is 0 Å². The molecule has 1 N–H and O–H groups in total. The minimum Gasteiger partial charge on any atom is -0.394 e. The predicted molar refractivity (Wildman–Crippen MR) is 60.6 cm³/mol. The largest absolute Gasteiger partial charge is 0.394 e.